The standard InChI is InChI=1S/C14H12Br2F2N2/c15-9-5-4-8(12(17)7-9)6-13(20-19)10-2-1-3-11(16)14(10)18/h1-5,7,13,20H,6,19H2. The van der Waals surface area contributed by atoms with Crippen LogP contribution in [0.15, 0.2) is 45.3 Å². The van der Waals surface area contributed by atoms with Crippen molar-refractivity contribution in [3.8, 4) is 0 Å². The van der Waals surface area contributed by atoms with Crippen LogP contribution in [0.3, 0.4) is 0 Å². The second kappa shape index (κ2) is 6.76. The third-order valence-corrected chi connectivity index (χ3v) is 4.10. The zero-order valence-corrected chi connectivity index (χ0v) is 13.5. The van der Waals surface area contributed by atoms with Gasteiger partial charge in [-0.25, -0.2) is 8.78 Å². The van der Waals surface area contributed by atoms with Gasteiger partial charge in [0, 0.05) is 10.0 Å². The second-order valence-corrected chi connectivity index (χ2v) is 6.07. The molecule has 3 N–H and O–H groups in total. The van der Waals surface area contributed by atoms with Gasteiger partial charge in [-0.15, -0.1) is 0 Å². The van der Waals surface area contributed by atoms with E-state index in [0.717, 1.165) is 0 Å². The number of benzene rings is 2. The van der Waals surface area contributed by atoms with Crippen molar-refractivity contribution in [1.29, 1.82) is 0 Å². The highest BCUT2D eigenvalue weighted by molar-refractivity contribution is 9.10. The molecule has 1 atom stereocenters. The molecule has 106 valence electrons. The van der Waals surface area contributed by atoms with Gasteiger partial charge in [-0.3, -0.25) is 11.3 Å². The highest BCUT2D eigenvalue weighted by Gasteiger charge is 2.18. The first-order valence-electron chi connectivity index (χ1n) is 5.87. The lowest BCUT2D eigenvalue weighted by atomic mass is 9.98. The molecule has 20 heavy (non-hydrogen) atoms. The van der Waals surface area contributed by atoms with Crippen molar-refractivity contribution in [2.75, 3.05) is 0 Å². The van der Waals surface area contributed by atoms with E-state index >= 15 is 0 Å². The molecule has 0 spiro atoms. The fraction of sp³-hybridized carbons (Fsp3) is 0.143. The first kappa shape index (κ1) is 15.6. The van der Waals surface area contributed by atoms with Gasteiger partial charge in [0.25, 0.3) is 0 Å². The van der Waals surface area contributed by atoms with Crippen LogP contribution in [-0.2, 0) is 6.42 Å². The number of hydrogen-bond acceptors (Lipinski definition) is 2. The maximum absolute atomic E-state index is 14.1. The van der Waals surface area contributed by atoms with Gasteiger partial charge in [-0.1, -0.05) is 34.1 Å². The summed E-state index contributed by atoms with van der Waals surface area (Å²) in [4.78, 5) is 0. The minimum absolute atomic E-state index is 0.253. The van der Waals surface area contributed by atoms with E-state index in [1.807, 2.05) is 0 Å². The quantitative estimate of drug-likeness (QED) is 0.589. The Labute approximate surface area is 132 Å². The second-order valence-electron chi connectivity index (χ2n) is 4.30. The Morgan fingerprint density at radius 2 is 1.90 bits per heavy atom. The van der Waals surface area contributed by atoms with E-state index in [-0.39, 0.29) is 12.2 Å². The van der Waals surface area contributed by atoms with Crippen molar-refractivity contribution in [3.05, 3.63) is 68.1 Å². The molecule has 2 aromatic rings. The van der Waals surface area contributed by atoms with E-state index in [2.05, 4.69) is 37.3 Å². The Kier molecular flexibility index (Phi) is 5.26. The van der Waals surface area contributed by atoms with Crippen LogP contribution >= 0.6 is 31.9 Å². The molecule has 0 aliphatic heterocycles. The van der Waals surface area contributed by atoms with Gasteiger partial charge in [-0.2, -0.15) is 0 Å². The van der Waals surface area contributed by atoms with Crippen LogP contribution in [0.2, 0.25) is 0 Å². The molecule has 0 saturated heterocycles. The van der Waals surface area contributed by atoms with Gasteiger partial charge < -0.3 is 0 Å². The molecule has 0 fully saturated rings. The normalized spacial score (nSPS) is 12.4. The zero-order valence-electron chi connectivity index (χ0n) is 10.3. The monoisotopic (exact) mass is 404 g/mol. The Hall–Kier alpha value is -0.820. The summed E-state index contributed by atoms with van der Waals surface area (Å²) in [6.45, 7) is 0. The number of nitrogens with two attached hydrogens (primary N) is 1. The van der Waals surface area contributed by atoms with Crippen molar-refractivity contribution < 1.29 is 8.78 Å². The lowest BCUT2D eigenvalue weighted by Gasteiger charge is -2.18. The van der Waals surface area contributed by atoms with Crippen molar-refractivity contribution in [1.82, 2.24) is 5.43 Å². The predicted octanol–water partition coefficient (Wildman–Crippen LogP) is 4.24. The van der Waals surface area contributed by atoms with E-state index in [4.69, 9.17) is 5.84 Å². The average Bonchev–Trinajstić information content (AvgIpc) is 2.42. The maximum atomic E-state index is 14.1. The molecule has 0 aromatic heterocycles. The fourth-order valence-corrected chi connectivity index (χ4v) is 2.67. The summed E-state index contributed by atoms with van der Waals surface area (Å²) in [6.07, 6.45) is 0.253. The molecule has 0 saturated carbocycles. The smallest absolute Gasteiger partial charge is 0.142 e. The summed E-state index contributed by atoms with van der Waals surface area (Å²) >= 11 is 6.33. The molecule has 0 aliphatic carbocycles. The summed E-state index contributed by atoms with van der Waals surface area (Å²) in [5.74, 6) is 4.74. The Morgan fingerprint density at radius 1 is 1.15 bits per heavy atom. The molecule has 0 radical (unpaired) electrons. The topological polar surface area (TPSA) is 38.0 Å². The lowest BCUT2D eigenvalue weighted by Crippen LogP contribution is -2.30. The number of halogens is 4. The summed E-state index contributed by atoms with van der Waals surface area (Å²) in [5.41, 5.74) is 3.40. The van der Waals surface area contributed by atoms with Gasteiger partial charge in [0.05, 0.1) is 10.5 Å². The molecular weight excluding hydrogens is 394 g/mol. The van der Waals surface area contributed by atoms with Gasteiger partial charge in [0.1, 0.15) is 11.6 Å². The van der Waals surface area contributed by atoms with Crippen molar-refractivity contribution in [2.24, 2.45) is 5.84 Å². The van der Waals surface area contributed by atoms with Crippen LogP contribution in [0.4, 0.5) is 8.78 Å². The number of hydrogen-bond donors (Lipinski definition) is 2. The first-order valence-corrected chi connectivity index (χ1v) is 7.45. The minimum Gasteiger partial charge on any atom is -0.271 e. The van der Waals surface area contributed by atoms with Gasteiger partial charge >= 0.3 is 0 Å². The molecular formula is C14H12Br2F2N2. The fourth-order valence-electron chi connectivity index (χ4n) is 1.96. The summed E-state index contributed by atoms with van der Waals surface area (Å²) < 4.78 is 28.9. The average molecular weight is 406 g/mol. The van der Waals surface area contributed by atoms with E-state index < -0.39 is 11.9 Å². The third-order valence-electron chi connectivity index (χ3n) is 3.00. The van der Waals surface area contributed by atoms with Crippen molar-refractivity contribution >= 4 is 31.9 Å². The highest BCUT2D eigenvalue weighted by Crippen LogP contribution is 2.27. The van der Waals surface area contributed by atoms with E-state index in [9.17, 15) is 8.78 Å². The summed E-state index contributed by atoms with van der Waals surface area (Å²) in [5, 5.41) is 0. The third kappa shape index (κ3) is 3.44. The lowest BCUT2D eigenvalue weighted by molar-refractivity contribution is 0.496. The SMILES string of the molecule is NNC(Cc1ccc(Br)cc1F)c1cccc(Br)c1F. The molecule has 2 nitrogen and oxygen atoms in total. The Bertz CT molecular complexity index is 620. The summed E-state index contributed by atoms with van der Waals surface area (Å²) in [7, 11) is 0. The predicted molar refractivity (Wildman–Crippen MR) is 82.0 cm³/mol. The van der Waals surface area contributed by atoms with E-state index in [1.54, 1.807) is 30.3 Å². The highest BCUT2D eigenvalue weighted by atomic mass is 79.9. The molecule has 0 amide bonds. The van der Waals surface area contributed by atoms with Crippen molar-refractivity contribution in [3.63, 3.8) is 0 Å². The minimum atomic E-state index is -0.511. The van der Waals surface area contributed by atoms with E-state index in [1.165, 1.54) is 6.07 Å². The first-order chi connectivity index (χ1) is 9.52. The number of rotatable bonds is 4. The van der Waals surface area contributed by atoms with Crippen LogP contribution in [0.25, 0.3) is 0 Å². The molecule has 6 heteroatoms. The van der Waals surface area contributed by atoms with Crippen LogP contribution < -0.4 is 11.3 Å². The van der Waals surface area contributed by atoms with Gasteiger partial charge in [0.15, 0.2) is 0 Å². The van der Waals surface area contributed by atoms with Crippen LogP contribution in [0, 0.1) is 11.6 Å². The zero-order chi connectivity index (χ0) is 14.7. The van der Waals surface area contributed by atoms with Crippen molar-refractivity contribution in [2.45, 2.75) is 12.5 Å². The molecule has 0 aliphatic rings. The Morgan fingerprint density at radius 3 is 2.55 bits per heavy atom. The molecule has 2 rings (SSSR count). The molecule has 2 aromatic carbocycles. The largest absolute Gasteiger partial charge is 0.271 e. The number of nitrogens with one attached hydrogen (secondary N) is 1. The van der Waals surface area contributed by atoms with Gasteiger partial charge in [0.2, 0.25) is 0 Å². The summed E-state index contributed by atoms with van der Waals surface area (Å²) in [6, 6.07) is 9.20. The van der Waals surface area contributed by atoms with Crippen LogP contribution in [0.5, 0.6) is 0 Å². The molecule has 1 unspecified atom stereocenters. The van der Waals surface area contributed by atoms with Gasteiger partial charge in [-0.05, 0) is 46.1 Å². The van der Waals surface area contributed by atoms with E-state index in [0.29, 0.717) is 20.1 Å². The maximum Gasteiger partial charge on any atom is 0.142 e. The van der Waals surface area contributed by atoms with Crippen LogP contribution in [0.1, 0.15) is 17.2 Å². The molecule has 0 bridgehead atoms. The Balaban J connectivity index is 2.31. The molecule has 0 heterocycles. The number of hydrazine groups is 1. The van der Waals surface area contributed by atoms with Crippen LogP contribution in [-0.4, -0.2) is 0 Å².